The van der Waals surface area contributed by atoms with Crippen LogP contribution >= 0.6 is 0 Å². The summed E-state index contributed by atoms with van der Waals surface area (Å²) in [4.78, 5) is 11.7. The zero-order valence-electron chi connectivity index (χ0n) is 15.4. The Balaban J connectivity index is 2.00. The van der Waals surface area contributed by atoms with Gasteiger partial charge in [0.05, 0.1) is 12.6 Å². The second-order valence-electron chi connectivity index (χ2n) is 6.69. The molecular formula is C22H23NO5. The smallest absolute Gasteiger partial charge is 0.217 e. The summed E-state index contributed by atoms with van der Waals surface area (Å²) in [5.74, 6) is 5.84. The van der Waals surface area contributed by atoms with Crippen molar-refractivity contribution in [1.82, 2.24) is 5.32 Å². The van der Waals surface area contributed by atoms with Crippen LogP contribution in [0.25, 0.3) is 0 Å². The maximum absolute atomic E-state index is 11.7. The zero-order valence-corrected chi connectivity index (χ0v) is 15.4. The second kappa shape index (κ2) is 9.00. The number of benzene rings is 2. The molecular weight excluding hydrogens is 358 g/mol. The number of amides is 1. The van der Waals surface area contributed by atoms with Gasteiger partial charge in [-0.2, -0.15) is 0 Å². The fraction of sp³-hybridized carbons (Fsp3) is 0.318. The van der Waals surface area contributed by atoms with Crippen LogP contribution in [0.1, 0.15) is 29.7 Å². The lowest BCUT2D eigenvalue weighted by atomic mass is 9.87. The molecule has 1 amide bonds. The monoisotopic (exact) mass is 381 g/mol. The first-order valence-corrected chi connectivity index (χ1v) is 9.07. The van der Waals surface area contributed by atoms with Crippen molar-refractivity contribution in [3.05, 3.63) is 71.3 Å². The van der Waals surface area contributed by atoms with Gasteiger partial charge in [-0.3, -0.25) is 4.79 Å². The molecule has 6 heteroatoms. The molecule has 6 nitrogen and oxygen atoms in total. The lowest BCUT2D eigenvalue weighted by Gasteiger charge is -2.43. The summed E-state index contributed by atoms with van der Waals surface area (Å²) in [5.41, 5.74) is 2.19. The first-order valence-electron chi connectivity index (χ1n) is 9.07. The van der Waals surface area contributed by atoms with E-state index in [2.05, 4.69) is 17.2 Å². The molecule has 0 spiro atoms. The van der Waals surface area contributed by atoms with E-state index in [9.17, 15) is 20.1 Å². The first kappa shape index (κ1) is 20.1. The molecule has 1 heterocycles. The van der Waals surface area contributed by atoms with E-state index in [1.807, 2.05) is 48.5 Å². The van der Waals surface area contributed by atoms with Gasteiger partial charge in [0.2, 0.25) is 5.91 Å². The van der Waals surface area contributed by atoms with Crippen molar-refractivity contribution in [3.8, 4) is 11.8 Å². The largest absolute Gasteiger partial charge is 0.394 e. The molecule has 146 valence electrons. The van der Waals surface area contributed by atoms with E-state index in [1.165, 1.54) is 6.92 Å². The van der Waals surface area contributed by atoms with Gasteiger partial charge in [0.1, 0.15) is 24.4 Å². The Hall–Kier alpha value is -2.69. The Bertz CT molecular complexity index is 873. The predicted octanol–water partition coefficient (Wildman–Crippen LogP) is 0.745. The van der Waals surface area contributed by atoms with E-state index < -0.39 is 37.1 Å². The van der Waals surface area contributed by atoms with Crippen LogP contribution in [0, 0.1) is 11.8 Å². The zero-order chi connectivity index (χ0) is 20.1. The number of hydrogen-bond acceptors (Lipinski definition) is 5. The Morgan fingerprint density at radius 1 is 1.04 bits per heavy atom. The van der Waals surface area contributed by atoms with Gasteiger partial charge >= 0.3 is 0 Å². The van der Waals surface area contributed by atoms with E-state index in [1.54, 1.807) is 6.07 Å². The van der Waals surface area contributed by atoms with Crippen molar-refractivity contribution in [1.29, 1.82) is 0 Å². The highest BCUT2D eigenvalue weighted by Gasteiger charge is 2.45. The molecule has 1 aliphatic rings. The Morgan fingerprint density at radius 2 is 1.71 bits per heavy atom. The molecule has 4 N–H and O–H groups in total. The van der Waals surface area contributed by atoms with E-state index in [0.29, 0.717) is 11.1 Å². The fourth-order valence-corrected chi connectivity index (χ4v) is 3.30. The van der Waals surface area contributed by atoms with Gasteiger partial charge in [-0.05, 0) is 23.8 Å². The van der Waals surface area contributed by atoms with Crippen LogP contribution in [-0.4, -0.2) is 52.2 Å². The summed E-state index contributed by atoms with van der Waals surface area (Å²) in [7, 11) is 0. The maximum atomic E-state index is 11.7. The molecule has 3 rings (SSSR count). The molecule has 2 aromatic carbocycles. The Morgan fingerprint density at radius 3 is 2.39 bits per heavy atom. The standard InChI is InChI=1S/C22H23NO5/c1-14(25)23-19-21(27)20(26)18(13-24)28-22(19)17-10-6-5-9-16(17)12-11-15-7-3-2-4-8-15/h2-10,18-22,24,26-27H,13H2,1H3,(H,23,25)/t18-,19-,20+,21-,22?/m1/s1. The highest BCUT2D eigenvalue weighted by Crippen LogP contribution is 2.34. The third-order valence-corrected chi connectivity index (χ3v) is 4.68. The van der Waals surface area contributed by atoms with Gasteiger partial charge in [0.25, 0.3) is 0 Å². The van der Waals surface area contributed by atoms with Crippen molar-refractivity contribution >= 4 is 5.91 Å². The van der Waals surface area contributed by atoms with Gasteiger partial charge in [0.15, 0.2) is 0 Å². The average molecular weight is 381 g/mol. The first-order chi connectivity index (χ1) is 13.5. The number of carbonyl (C=O) groups is 1. The van der Waals surface area contributed by atoms with Crippen LogP contribution in [0.3, 0.4) is 0 Å². The van der Waals surface area contributed by atoms with Crippen LogP contribution < -0.4 is 5.32 Å². The molecule has 0 aromatic heterocycles. The summed E-state index contributed by atoms with van der Waals surface area (Å²) in [6, 6.07) is 15.9. The molecule has 5 atom stereocenters. The van der Waals surface area contributed by atoms with Crippen LogP contribution in [0.2, 0.25) is 0 Å². The number of nitrogens with one attached hydrogen (secondary N) is 1. The number of rotatable bonds is 3. The highest BCUT2D eigenvalue weighted by atomic mass is 16.5. The molecule has 28 heavy (non-hydrogen) atoms. The van der Waals surface area contributed by atoms with Crippen molar-refractivity contribution < 1.29 is 24.9 Å². The normalized spacial score (nSPS) is 26.8. The number of aliphatic hydroxyl groups excluding tert-OH is 3. The molecule has 0 bridgehead atoms. The average Bonchev–Trinajstić information content (AvgIpc) is 2.71. The van der Waals surface area contributed by atoms with Crippen LogP contribution in [0.4, 0.5) is 0 Å². The van der Waals surface area contributed by atoms with E-state index in [0.717, 1.165) is 5.56 Å². The van der Waals surface area contributed by atoms with Crippen molar-refractivity contribution in [3.63, 3.8) is 0 Å². The van der Waals surface area contributed by atoms with E-state index >= 15 is 0 Å². The molecule has 1 unspecified atom stereocenters. The minimum absolute atomic E-state index is 0.361. The van der Waals surface area contributed by atoms with Crippen molar-refractivity contribution in [2.45, 2.75) is 37.4 Å². The molecule has 0 aliphatic carbocycles. The molecule has 0 radical (unpaired) electrons. The van der Waals surface area contributed by atoms with Gasteiger partial charge in [-0.15, -0.1) is 0 Å². The minimum atomic E-state index is -1.32. The quantitative estimate of drug-likeness (QED) is 0.588. The van der Waals surface area contributed by atoms with Crippen molar-refractivity contribution in [2.24, 2.45) is 0 Å². The summed E-state index contributed by atoms with van der Waals surface area (Å²) < 4.78 is 5.87. The number of ether oxygens (including phenoxy) is 1. The predicted molar refractivity (Wildman–Crippen MR) is 103 cm³/mol. The third kappa shape index (κ3) is 4.41. The Kier molecular flexibility index (Phi) is 6.45. The fourth-order valence-electron chi connectivity index (χ4n) is 3.30. The molecule has 1 fully saturated rings. The number of aliphatic hydroxyl groups is 3. The van der Waals surface area contributed by atoms with E-state index in [-0.39, 0.29) is 5.91 Å². The van der Waals surface area contributed by atoms with Crippen LogP contribution in [-0.2, 0) is 9.53 Å². The lowest BCUT2D eigenvalue weighted by molar-refractivity contribution is -0.197. The summed E-state index contributed by atoms with van der Waals surface area (Å²) in [5, 5.41) is 32.9. The summed E-state index contributed by atoms with van der Waals surface area (Å²) in [6.07, 6.45) is -4.36. The van der Waals surface area contributed by atoms with Crippen LogP contribution in [0.5, 0.6) is 0 Å². The summed E-state index contributed by atoms with van der Waals surface area (Å²) in [6.45, 7) is 0.870. The molecule has 2 aromatic rings. The number of hydrogen-bond donors (Lipinski definition) is 4. The maximum Gasteiger partial charge on any atom is 0.217 e. The van der Waals surface area contributed by atoms with Crippen molar-refractivity contribution in [2.75, 3.05) is 6.61 Å². The Labute approximate surface area is 163 Å². The summed E-state index contributed by atoms with van der Waals surface area (Å²) >= 11 is 0. The third-order valence-electron chi connectivity index (χ3n) is 4.68. The van der Waals surface area contributed by atoms with Gasteiger partial charge in [-0.25, -0.2) is 0 Å². The molecule has 1 aliphatic heterocycles. The minimum Gasteiger partial charge on any atom is -0.394 e. The van der Waals surface area contributed by atoms with Gasteiger partial charge in [-0.1, -0.05) is 48.2 Å². The van der Waals surface area contributed by atoms with E-state index in [4.69, 9.17) is 4.74 Å². The highest BCUT2D eigenvalue weighted by molar-refractivity contribution is 5.73. The second-order valence-corrected chi connectivity index (χ2v) is 6.69. The molecule has 0 saturated carbocycles. The van der Waals surface area contributed by atoms with Gasteiger partial charge in [0, 0.05) is 18.1 Å². The van der Waals surface area contributed by atoms with Gasteiger partial charge < -0.3 is 25.4 Å². The lowest BCUT2D eigenvalue weighted by Crippen LogP contribution is -2.60. The molecule has 1 saturated heterocycles. The van der Waals surface area contributed by atoms with Crippen LogP contribution in [0.15, 0.2) is 54.6 Å². The topological polar surface area (TPSA) is 99.0 Å². The number of carbonyl (C=O) groups excluding carboxylic acids is 1. The SMILES string of the molecule is CC(=O)N[C@H]1C(c2ccccc2C#Cc2ccccc2)O[C@H](CO)[C@H](O)[C@@H]1O.